The van der Waals surface area contributed by atoms with E-state index in [1.54, 1.807) is 10.9 Å². The Morgan fingerprint density at radius 2 is 1.91 bits per heavy atom. The summed E-state index contributed by atoms with van der Waals surface area (Å²) in [7, 11) is 0. The number of rotatable bonds is 4. The maximum atomic E-state index is 13.3. The molecule has 2 aromatic rings. The summed E-state index contributed by atoms with van der Waals surface area (Å²) in [6.45, 7) is 5.98. The van der Waals surface area contributed by atoms with Crippen molar-refractivity contribution < 1.29 is 19.1 Å². The number of fused-ring (bicyclic) bond motifs is 1. The molecule has 2 amide bonds. The van der Waals surface area contributed by atoms with Gasteiger partial charge in [0.1, 0.15) is 5.75 Å². The van der Waals surface area contributed by atoms with Crippen LogP contribution in [0.2, 0.25) is 0 Å². The lowest BCUT2D eigenvalue weighted by Gasteiger charge is -2.28. The standard InChI is InChI=1S/C23H29N5O4/c1-14-17-5-3-4-6-20(17)32-21(14)23(30)27-10-7-18(15(27)2)24-22(29)19-13-28(26-25-19)16-8-11-31-12-9-16/h3-6,13-16,18,21H,7-12H2,1-2H3,(H,24,29)/t14-,15+,18+,21+/m0/s1. The van der Waals surface area contributed by atoms with Gasteiger partial charge in [0.15, 0.2) is 11.8 Å². The minimum atomic E-state index is -0.524. The Balaban J connectivity index is 1.20. The molecule has 2 saturated heterocycles. The highest BCUT2D eigenvalue weighted by molar-refractivity contribution is 5.92. The third kappa shape index (κ3) is 3.74. The zero-order chi connectivity index (χ0) is 22.2. The Morgan fingerprint density at radius 1 is 1.12 bits per heavy atom. The van der Waals surface area contributed by atoms with E-state index in [1.165, 1.54) is 0 Å². The van der Waals surface area contributed by atoms with Crippen LogP contribution in [0, 0.1) is 0 Å². The molecule has 9 heteroatoms. The fourth-order valence-electron chi connectivity index (χ4n) is 4.99. The van der Waals surface area contributed by atoms with Crippen molar-refractivity contribution in [3.63, 3.8) is 0 Å². The second-order valence-electron chi connectivity index (χ2n) is 8.93. The summed E-state index contributed by atoms with van der Waals surface area (Å²) < 4.78 is 13.1. The molecule has 3 aliphatic heterocycles. The van der Waals surface area contributed by atoms with E-state index in [-0.39, 0.29) is 35.9 Å². The molecule has 0 unspecified atom stereocenters. The van der Waals surface area contributed by atoms with Gasteiger partial charge in [-0.15, -0.1) is 5.10 Å². The van der Waals surface area contributed by atoms with Crippen LogP contribution in [-0.4, -0.2) is 69.7 Å². The van der Waals surface area contributed by atoms with E-state index in [0.29, 0.717) is 31.9 Å². The topological polar surface area (TPSA) is 98.6 Å². The number of likely N-dealkylation sites (tertiary alicyclic amines) is 1. The molecular weight excluding hydrogens is 410 g/mol. The number of amides is 2. The summed E-state index contributed by atoms with van der Waals surface area (Å²) in [5, 5.41) is 11.3. The van der Waals surface area contributed by atoms with Crippen LogP contribution in [-0.2, 0) is 9.53 Å². The summed E-state index contributed by atoms with van der Waals surface area (Å²) in [6.07, 6.45) is 3.61. The smallest absolute Gasteiger partial charge is 0.273 e. The number of carbonyl (C=O) groups excluding carboxylic acids is 2. The van der Waals surface area contributed by atoms with Gasteiger partial charge < -0.3 is 19.7 Å². The highest BCUT2D eigenvalue weighted by atomic mass is 16.5. The van der Waals surface area contributed by atoms with Crippen LogP contribution in [0.3, 0.4) is 0 Å². The van der Waals surface area contributed by atoms with Crippen LogP contribution in [0.15, 0.2) is 30.5 Å². The first kappa shape index (κ1) is 20.9. The summed E-state index contributed by atoms with van der Waals surface area (Å²) >= 11 is 0. The van der Waals surface area contributed by atoms with Gasteiger partial charge in [0.25, 0.3) is 11.8 Å². The van der Waals surface area contributed by atoms with Gasteiger partial charge in [0, 0.05) is 37.3 Å². The van der Waals surface area contributed by atoms with Crippen LogP contribution in [0.1, 0.15) is 61.1 Å². The summed E-state index contributed by atoms with van der Waals surface area (Å²) in [4.78, 5) is 27.9. The highest BCUT2D eigenvalue weighted by Crippen LogP contribution is 2.39. The minimum Gasteiger partial charge on any atom is -0.480 e. The molecule has 0 radical (unpaired) electrons. The molecule has 0 spiro atoms. The Morgan fingerprint density at radius 3 is 2.69 bits per heavy atom. The molecule has 0 bridgehead atoms. The molecule has 2 fully saturated rings. The first-order valence-corrected chi connectivity index (χ1v) is 11.4. The fourth-order valence-corrected chi connectivity index (χ4v) is 4.99. The molecule has 9 nitrogen and oxygen atoms in total. The molecule has 32 heavy (non-hydrogen) atoms. The van der Waals surface area contributed by atoms with Gasteiger partial charge >= 0.3 is 0 Å². The number of carbonyl (C=O) groups is 2. The van der Waals surface area contributed by atoms with Crippen molar-refractivity contribution in [3.05, 3.63) is 41.7 Å². The number of ether oxygens (including phenoxy) is 2. The van der Waals surface area contributed by atoms with Crippen molar-refractivity contribution in [1.82, 2.24) is 25.2 Å². The average molecular weight is 440 g/mol. The molecule has 0 aliphatic carbocycles. The Labute approximate surface area is 187 Å². The lowest BCUT2D eigenvalue weighted by Crippen LogP contribution is -2.49. The summed E-state index contributed by atoms with van der Waals surface area (Å²) in [5.74, 6) is 0.498. The number of hydrogen-bond acceptors (Lipinski definition) is 6. The zero-order valence-corrected chi connectivity index (χ0v) is 18.4. The van der Waals surface area contributed by atoms with E-state index >= 15 is 0 Å². The van der Waals surface area contributed by atoms with E-state index in [2.05, 4.69) is 15.6 Å². The molecule has 0 saturated carbocycles. The molecule has 1 aromatic carbocycles. The van der Waals surface area contributed by atoms with Gasteiger partial charge in [-0.2, -0.15) is 0 Å². The van der Waals surface area contributed by atoms with Gasteiger partial charge in [0.05, 0.1) is 18.3 Å². The number of benzene rings is 1. The normalized spacial score (nSPS) is 27.8. The van der Waals surface area contributed by atoms with Crippen molar-refractivity contribution >= 4 is 11.8 Å². The van der Waals surface area contributed by atoms with Gasteiger partial charge in [-0.05, 0) is 32.3 Å². The van der Waals surface area contributed by atoms with Gasteiger partial charge in [-0.1, -0.05) is 30.3 Å². The summed E-state index contributed by atoms with van der Waals surface area (Å²) in [6, 6.07) is 7.75. The van der Waals surface area contributed by atoms with E-state index in [4.69, 9.17) is 9.47 Å². The van der Waals surface area contributed by atoms with Crippen molar-refractivity contribution in [1.29, 1.82) is 0 Å². The number of nitrogens with one attached hydrogen (secondary N) is 1. The van der Waals surface area contributed by atoms with E-state index in [9.17, 15) is 9.59 Å². The van der Waals surface area contributed by atoms with Crippen LogP contribution in [0.4, 0.5) is 0 Å². The predicted molar refractivity (Wildman–Crippen MR) is 115 cm³/mol. The number of hydrogen-bond donors (Lipinski definition) is 1. The maximum absolute atomic E-state index is 13.3. The number of nitrogens with zero attached hydrogens (tertiary/aromatic N) is 4. The monoisotopic (exact) mass is 439 g/mol. The van der Waals surface area contributed by atoms with Gasteiger partial charge in [0.2, 0.25) is 0 Å². The van der Waals surface area contributed by atoms with Gasteiger partial charge in [-0.3, -0.25) is 9.59 Å². The molecule has 1 aromatic heterocycles. The Bertz CT molecular complexity index is 1000. The number of para-hydroxylation sites is 1. The van der Waals surface area contributed by atoms with Crippen LogP contribution in [0.5, 0.6) is 5.75 Å². The second-order valence-corrected chi connectivity index (χ2v) is 8.93. The Hall–Kier alpha value is -2.94. The van der Waals surface area contributed by atoms with Crippen molar-refractivity contribution in [3.8, 4) is 5.75 Å². The predicted octanol–water partition coefficient (Wildman–Crippen LogP) is 1.91. The second kappa shape index (κ2) is 8.54. The molecule has 4 heterocycles. The maximum Gasteiger partial charge on any atom is 0.273 e. The average Bonchev–Trinajstić information content (AvgIpc) is 3.53. The molecule has 4 atom stereocenters. The highest BCUT2D eigenvalue weighted by Gasteiger charge is 2.43. The van der Waals surface area contributed by atoms with Crippen molar-refractivity contribution in [2.24, 2.45) is 0 Å². The lowest BCUT2D eigenvalue weighted by atomic mass is 9.96. The molecule has 5 rings (SSSR count). The van der Waals surface area contributed by atoms with Crippen molar-refractivity contribution in [2.75, 3.05) is 19.8 Å². The lowest BCUT2D eigenvalue weighted by molar-refractivity contribution is -0.139. The third-order valence-corrected chi connectivity index (χ3v) is 7.02. The first-order chi connectivity index (χ1) is 15.5. The van der Waals surface area contributed by atoms with Crippen LogP contribution >= 0.6 is 0 Å². The molecule has 1 N–H and O–H groups in total. The van der Waals surface area contributed by atoms with E-state index < -0.39 is 6.10 Å². The fraction of sp³-hybridized carbons (Fsp3) is 0.565. The zero-order valence-electron chi connectivity index (χ0n) is 18.4. The SMILES string of the molecule is C[C@@H]1[C@H](NC(=O)c2cn(C3CCOCC3)nn2)CCN1C(=O)[C@@H]1Oc2ccccc2[C@@H]1C. The van der Waals surface area contributed by atoms with Crippen LogP contribution < -0.4 is 10.1 Å². The van der Waals surface area contributed by atoms with Gasteiger partial charge in [-0.25, -0.2) is 4.68 Å². The largest absolute Gasteiger partial charge is 0.480 e. The summed E-state index contributed by atoms with van der Waals surface area (Å²) in [5.41, 5.74) is 1.37. The Kier molecular flexibility index (Phi) is 5.58. The molecular formula is C23H29N5O4. The molecule has 170 valence electrons. The third-order valence-electron chi connectivity index (χ3n) is 7.02. The first-order valence-electron chi connectivity index (χ1n) is 11.4. The van der Waals surface area contributed by atoms with E-state index in [0.717, 1.165) is 24.2 Å². The minimum absolute atomic E-state index is 0.000215. The van der Waals surface area contributed by atoms with Crippen LogP contribution in [0.25, 0.3) is 0 Å². The van der Waals surface area contributed by atoms with E-state index in [1.807, 2.05) is 43.0 Å². The van der Waals surface area contributed by atoms with Crippen molar-refractivity contribution in [2.45, 2.75) is 63.3 Å². The number of aromatic nitrogens is 3. The quantitative estimate of drug-likeness (QED) is 0.782. The molecule has 3 aliphatic rings.